The van der Waals surface area contributed by atoms with Gasteiger partial charge in [-0.3, -0.25) is 4.79 Å². The van der Waals surface area contributed by atoms with Gasteiger partial charge >= 0.3 is 51.4 Å². The quantitative estimate of drug-likeness (QED) is 0.202. The molecule has 1 amide bonds. The first-order valence-corrected chi connectivity index (χ1v) is 10.4. The molecule has 0 heterocycles. The second-order valence-electron chi connectivity index (χ2n) is 6.47. The summed E-state index contributed by atoms with van der Waals surface area (Å²) in [4.78, 5) is 11.6. The minimum atomic E-state index is 0. The molecule has 0 aromatic heterocycles. The van der Waals surface area contributed by atoms with Crippen molar-refractivity contribution < 1.29 is 75.5 Å². The minimum Gasteiger partial charge on any atom is -0.854 e. The van der Waals surface area contributed by atoms with Crippen LogP contribution in [0.25, 0.3) is 0 Å². The standard InChI is InChI=1S/C20H40NO5.K/c1-2-3-10-14-24-16-18-26-19-17-25-15-12-21-20(23)11-8-6-4-5-7-9-13-22;/h2-19H2,1H3,(H,21,23);/q-1;+1. The van der Waals surface area contributed by atoms with Crippen molar-refractivity contribution in [3.05, 3.63) is 0 Å². The van der Waals surface area contributed by atoms with Crippen molar-refractivity contribution in [2.24, 2.45) is 0 Å². The normalized spacial score (nSPS) is 10.6. The van der Waals surface area contributed by atoms with E-state index in [1.807, 2.05) is 0 Å². The molecule has 0 rings (SSSR count). The summed E-state index contributed by atoms with van der Waals surface area (Å²) in [6.07, 6.45) is 10.1. The molecular weight excluding hydrogens is 373 g/mol. The Labute approximate surface area is 208 Å². The first-order chi connectivity index (χ1) is 12.8. The van der Waals surface area contributed by atoms with Gasteiger partial charge in [0.05, 0.1) is 33.0 Å². The van der Waals surface area contributed by atoms with Crippen LogP contribution in [0, 0.1) is 0 Å². The third-order valence-electron chi connectivity index (χ3n) is 4.00. The van der Waals surface area contributed by atoms with Crippen LogP contribution in [0.5, 0.6) is 0 Å². The fourth-order valence-electron chi connectivity index (χ4n) is 2.44. The van der Waals surface area contributed by atoms with E-state index in [-0.39, 0.29) is 63.9 Å². The van der Waals surface area contributed by atoms with Gasteiger partial charge in [0.1, 0.15) is 0 Å². The van der Waals surface area contributed by atoms with Crippen LogP contribution in [0.3, 0.4) is 0 Å². The molecule has 0 saturated heterocycles. The summed E-state index contributed by atoms with van der Waals surface area (Å²) < 4.78 is 16.3. The average Bonchev–Trinajstić information content (AvgIpc) is 2.64. The van der Waals surface area contributed by atoms with Crippen molar-refractivity contribution in [1.29, 1.82) is 0 Å². The summed E-state index contributed by atoms with van der Waals surface area (Å²) in [5.41, 5.74) is 0. The largest absolute Gasteiger partial charge is 1.00 e. The Morgan fingerprint density at radius 3 is 1.93 bits per heavy atom. The van der Waals surface area contributed by atoms with Crippen LogP contribution in [0.4, 0.5) is 0 Å². The van der Waals surface area contributed by atoms with E-state index in [1.54, 1.807) is 0 Å². The molecule has 0 spiro atoms. The van der Waals surface area contributed by atoms with Crippen LogP contribution in [-0.2, 0) is 19.0 Å². The van der Waals surface area contributed by atoms with E-state index in [0.717, 1.165) is 51.6 Å². The maximum absolute atomic E-state index is 11.6. The predicted octanol–water partition coefficient (Wildman–Crippen LogP) is -0.562. The zero-order valence-electron chi connectivity index (χ0n) is 17.8. The summed E-state index contributed by atoms with van der Waals surface area (Å²) >= 11 is 0. The molecular formula is C20H40KNO5. The van der Waals surface area contributed by atoms with Gasteiger partial charge in [0.2, 0.25) is 5.91 Å². The predicted molar refractivity (Wildman–Crippen MR) is 102 cm³/mol. The van der Waals surface area contributed by atoms with Crippen LogP contribution in [-0.4, -0.2) is 58.7 Å². The van der Waals surface area contributed by atoms with Crippen LogP contribution in [0.1, 0.15) is 71.1 Å². The maximum Gasteiger partial charge on any atom is 1.00 e. The molecule has 0 unspecified atom stereocenters. The minimum absolute atomic E-state index is 0. The zero-order chi connectivity index (χ0) is 19.1. The first kappa shape index (κ1) is 30.1. The molecule has 0 saturated carbocycles. The number of amides is 1. The molecule has 27 heavy (non-hydrogen) atoms. The van der Waals surface area contributed by atoms with Crippen molar-refractivity contribution in [1.82, 2.24) is 5.32 Å². The van der Waals surface area contributed by atoms with Crippen molar-refractivity contribution in [2.45, 2.75) is 71.1 Å². The Morgan fingerprint density at radius 2 is 1.30 bits per heavy atom. The molecule has 0 aliphatic heterocycles. The number of carbonyl (C=O) groups is 1. The number of carbonyl (C=O) groups excluding carboxylic acids is 1. The van der Waals surface area contributed by atoms with E-state index >= 15 is 0 Å². The van der Waals surface area contributed by atoms with Gasteiger partial charge in [-0.05, 0) is 12.8 Å². The number of nitrogens with one attached hydrogen (secondary N) is 1. The maximum atomic E-state index is 11.6. The third-order valence-corrected chi connectivity index (χ3v) is 4.00. The number of hydrogen-bond donors (Lipinski definition) is 1. The molecule has 0 bridgehead atoms. The number of ether oxygens (including phenoxy) is 3. The molecule has 0 radical (unpaired) electrons. The van der Waals surface area contributed by atoms with Crippen LogP contribution in [0.15, 0.2) is 0 Å². The van der Waals surface area contributed by atoms with Gasteiger partial charge < -0.3 is 24.6 Å². The van der Waals surface area contributed by atoms with Crippen LogP contribution < -0.4 is 61.8 Å². The van der Waals surface area contributed by atoms with E-state index in [1.165, 1.54) is 12.8 Å². The first-order valence-electron chi connectivity index (χ1n) is 10.4. The van der Waals surface area contributed by atoms with Gasteiger partial charge in [-0.1, -0.05) is 51.9 Å². The van der Waals surface area contributed by atoms with Gasteiger partial charge in [-0.2, -0.15) is 0 Å². The van der Waals surface area contributed by atoms with E-state index in [2.05, 4.69) is 12.2 Å². The zero-order valence-corrected chi connectivity index (χ0v) is 20.9. The number of unbranched alkanes of at least 4 members (excludes halogenated alkanes) is 7. The fourth-order valence-corrected chi connectivity index (χ4v) is 2.44. The summed E-state index contributed by atoms with van der Waals surface area (Å²) in [6, 6.07) is 0. The summed E-state index contributed by atoms with van der Waals surface area (Å²) in [6.45, 7) is 6.41. The third kappa shape index (κ3) is 26.9. The molecule has 0 fully saturated rings. The van der Waals surface area contributed by atoms with Crippen molar-refractivity contribution in [3.8, 4) is 0 Å². The van der Waals surface area contributed by atoms with Gasteiger partial charge in [0, 0.05) is 19.6 Å². The monoisotopic (exact) mass is 413 g/mol. The van der Waals surface area contributed by atoms with Gasteiger partial charge in [-0.25, -0.2) is 0 Å². The Morgan fingerprint density at radius 1 is 0.741 bits per heavy atom. The van der Waals surface area contributed by atoms with E-state index in [9.17, 15) is 9.90 Å². The Kier molecular flexibility index (Phi) is 30.1. The van der Waals surface area contributed by atoms with Gasteiger partial charge in [-0.15, -0.1) is 6.61 Å². The molecule has 0 aliphatic carbocycles. The Hall–Kier alpha value is 0.946. The number of hydrogen-bond acceptors (Lipinski definition) is 5. The molecule has 0 aromatic rings. The summed E-state index contributed by atoms with van der Waals surface area (Å²) in [7, 11) is 0. The molecule has 156 valence electrons. The summed E-state index contributed by atoms with van der Waals surface area (Å²) in [5.74, 6) is 0.0876. The molecule has 0 aromatic carbocycles. The SMILES string of the molecule is CCCCCOCCOCCOCCNC(=O)CCCCCCCC[O-].[K+]. The summed E-state index contributed by atoms with van der Waals surface area (Å²) in [5, 5.41) is 13.2. The molecule has 0 aliphatic rings. The smallest absolute Gasteiger partial charge is 0.854 e. The Balaban J connectivity index is 0. The second-order valence-corrected chi connectivity index (χ2v) is 6.47. The molecule has 7 heteroatoms. The second kappa shape index (κ2) is 26.9. The average molecular weight is 414 g/mol. The van der Waals surface area contributed by atoms with Crippen molar-refractivity contribution >= 4 is 5.91 Å². The molecule has 6 nitrogen and oxygen atoms in total. The molecule has 0 atom stereocenters. The van der Waals surface area contributed by atoms with E-state index in [0.29, 0.717) is 46.0 Å². The number of rotatable bonds is 21. The van der Waals surface area contributed by atoms with Gasteiger partial charge in [0.15, 0.2) is 0 Å². The van der Waals surface area contributed by atoms with E-state index in [4.69, 9.17) is 14.2 Å². The molecule has 1 N–H and O–H groups in total. The van der Waals surface area contributed by atoms with Gasteiger partial charge in [0.25, 0.3) is 0 Å². The van der Waals surface area contributed by atoms with Crippen molar-refractivity contribution in [2.75, 3.05) is 52.8 Å². The van der Waals surface area contributed by atoms with Crippen LogP contribution >= 0.6 is 0 Å². The van der Waals surface area contributed by atoms with Crippen molar-refractivity contribution in [3.63, 3.8) is 0 Å². The topological polar surface area (TPSA) is 79.8 Å². The van der Waals surface area contributed by atoms with Crippen LogP contribution in [0.2, 0.25) is 0 Å². The fraction of sp³-hybridized carbons (Fsp3) is 0.950. The Bertz CT molecular complexity index is 296. The van der Waals surface area contributed by atoms with E-state index < -0.39 is 0 Å².